The molecule has 0 fully saturated rings. The quantitative estimate of drug-likeness (QED) is 0.759. The van der Waals surface area contributed by atoms with Crippen LogP contribution in [0.5, 0.6) is 0 Å². The van der Waals surface area contributed by atoms with Crippen LogP contribution in [0.25, 0.3) is 11.0 Å². The van der Waals surface area contributed by atoms with Gasteiger partial charge >= 0.3 is 0 Å². The lowest BCUT2D eigenvalue weighted by Crippen LogP contribution is -2.28. The van der Waals surface area contributed by atoms with Crippen LogP contribution < -0.4 is 10.9 Å². The molecular formula is C15H15N5O2. The molecule has 0 aliphatic carbocycles. The van der Waals surface area contributed by atoms with E-state index >= 15 is 0 Å². The lowest BCUT2D eigenvalue weighted by Gasteiger charge is -2.05. The van der Waals surface area contributed by atoms with Gasteiger partial charge in [0.25, 0.3) is 5.56 Å². The van der Waals surface area contributed by atoms with Gasteiger partial charge in [-0.1, -0.05) is 19.1 Å². The summed E-state index contributed by atoms with van der Waals surface area (Å²) < 4.78 is 1.26. The zero-order valence-corrected chi connectivity index (χ0v) is 12.0. The normalized spacial score (nSPS) is 10.8. The first-order valence-corrected chi connectivity index (χ1v) is 6.95. The fraction of sp³-hybridized carbons (Fsp3) is 0.200. The number of benzene rings is 1. The Morgan fingerprint density at radius 1 is 1.36 bits per heavy atom. The number of fused-ring (bicyclic) bond motifs is 1. The van der Waals surface area contributed by atoms with Crippen molar-refractivity contribution in [3.8, 4) is 0 Å². The first-order chi connectivity index (χ1) is 10.7. The van der Waals surface area contributed by atoms with Crippen LogP contribution in [0, 0.1) is 0 Å². The van der Waals surface area contributed by atoms with Crippen LogP contribution in [-0.4, -0.2) is 25.4 Å². The molecule has 2 aromatic heterocycles. The lowest BCUT2D eigenvalue weighted by molar-refractivity contribution is -0.116. The molecule has 0 saturated heterocycles. The van der Waals surface area contributed by atoms with Crippen molar-refractivity contribution in [1.29, 1.82) is 0 Å². The molecule has 0 radical (unpaired) electrons. The maximum atomic E-state index is 12.0. The van der Waals surface area contributed by atoms with Crippen LogP contribution in [0.1, 0.15) is 12.6 Å². The Morgan fingerprint density at radius 3 is 2.91 bits per heavy atom. The van der Waals surface area contributed by atoms with Crippen molar-refractivity contribution >= 4 is 22.9 Å². The highest BCUT2D eigenvalue weighted by Gasteiger charge is 2.09. The molecule has 0 aliphatic heterocycles. The number of hydrogen-bond acceptors (Lipinski definition) is 4. The molecule has 2 N–H and O–H groups in total. The van der Waals surface area contributed by atoms with Crippen molar-refractivity contribution in [2.75, 3.05) is 5.32 Å². The van der Waals surface area contributed by atoms with E-state index in [4.69, 9.17) is 0 Å². The minimum Gasteiger partial charge on any atom is -0.324 e. The van der Waals surface area contributed by atoms with Gasteiger partial charge in [0.1, 0.15) is 6.54 Å². The molecule has 1 amide bonds. The average molecular weight is 297 g/mol. The lowest BCUT2D eigenvalue weighted by atomic mass is 10.3. The van der Waals surface area contributed by atoms with Crippen molar-refractivity contribution in [1.82, 2.24) is 19.5 Å². The van der Waals surface area contributed by atoms with E-state index in [0.717, 1.165) is 11.0 Å². The number of aromatic amines is 1. The number of nitrogens with one attached hydrogen (secondary N) is 2. The molecule has 3 rings (SSSR count). The molecule has 0 bridgehead atoms. The number of hydrogen-bond donors (Lipinski definition) is 2. The van der Waals surface area contributed by atoms with Gasteiger partial charge < -0.3 is 4.98 Å². The van der Waals surface area contributed by atoms with Crippen molar-refractivity contribution < 1.29 is 4.79 Å². The molecule has 0 spiro atoms. The molecule has 22 heavy (non-hydrogen) atoms. The zero-order valence-electron chi connectivity index (χ0n) is 12.0. The minimum absolute atomic E-state index is 0.104. The first kappa shape index (κ1) is 14.0. The van der Waals surface area contributed by atoms with E-state index in [2.05, 4.69) is 20.3 Å². The predicted octanol–water partition coefficient (Wildman–Crippen LogP) is 1.32. The number of para-hydroxylation sites is 2. The van der Waals surface area contributed by atoms with Crippen molar-refractivity contribution in [3.05, 3.63) is 52.7 Å². The van der Waals surface area contributed by atoms with Crippen molar-refractivity contribution in [3.63, 3.8) is 0 Å². The van der Waals surface area contributed by atoms with Crippen LogP contribution >= 0.6 is 0 Å². The predicted molar refractivity (Wildman–Crippen MR) is 82.6 cm³/mol. The van der Waals surface area contributed by atoms with Crippen molar-refractivity contribution in [2.24, 2.45) is 0 Å². The average Bonchev–Trinajstić information content (AvgIpc) is 2.91. The molecule has 0 atom stereocenters. The third-order valence-electron chi connectivity index (χ3n) is 3.26. The largest absolute Gasteiger partial charge is 0.324 e. The Morgan fingerprint density at radius 2 is 2.18 bits per heavy atom. The van der Waals surface area contributed by atoms with Crippen LogP contribution in [0.15, 0.2) is 41.5 Å². The Balaban J connectivity index is 1.73. The topological polar surface area (TPSA) is 92.7 Å². The summed E-state index contributed by atoms with van der Waals surface area (Å²) in [4.78, 5) is 35.2. The number of anilines is 1. The highest BCUT2D eigenvalue weighted by Crippen LogP contribution is 2.13. The second kappa shape index (κ2) is 5.80. The van der Waals surface area contributed by atoms with Crippen LogP contribution in [-0.2, 0) is 17.8 Å². The second-order valence-corrected chi connectivity index (χ2v) is 4.85. The number of amides is 1. The highest BCUT2D eigenvalue weighted by atomic mass is 16.2. The number of nitrogens with zero attached hydrogens (tertiary/aromatic N) is 3. The molecule has 0 unspecified atom stereocenters. The number of H-pyrrole nitrogens is 1. The van der Waals surface area contributed by atoms with Gasteiger partial charge in [-0.05, 0) is 18.6 Å². The molecule has 7 nitrogen and oxygen atoms in total. The Labute approximate surface area is 126 Å². The summed E-state index contributed by atoms with van der Waals surface area (Å²) in [5.74, 6) is 0.0181. The number of imidazole rings is 1. The molecule has 0 aliphatic rings. The fourth-order valence-electron chi connectivity index (χ4n) is 2.11. The smallest absolute Gasteiger partial charge is 0.253 e. The molecule has 3 aromatic rings. The molecule has 1 aromatic carbocycles. The number of aryl methyl sites for hydroxylation is 1. The van der Waals surface area contributed by atoms with E-state index in [9.17, 15) is 9.59 Å². The van der Waals surface area contributed by atoms with Crippen LogP contribution in [0.4, 0.5) is 5.95 Å². The Bertz CT molecular complexity index is 848. The molecule has 2 heterocycles. The molecule has 7 heteroatoms. The van der Waals surface area contributed by atoms with E-state index in [1.54, 1.807) is 0 Å². The fourth-order valence-corrected chi connectivity index (χ4v) is 2.11. The van der Waals surface area contributed by atoms with E-state index in [1.807, 2.05) is 31.2 Å². The van der Waals surface area contributed by atoms with Gasteiger partial charge in [-0.25, -0.2) is 9.97 Å². The van der Waals surface area contributed by atoms with E-state index in [0.29, 0.717) is 18.1 Å². The third kappa shape index (κ3) is 2.88. The molecule has 112 valence electrons. The van der Waals surface area contributed by atoms with E-state index < -0.39 is 0 Å². The summed E-state index contributed by atoms with van der Waals surface area (Å²) in [5.41, 5.74) is 2.07. The maximum Gasteiger partial charge on any atom is 0.253 e. The summed E-state index contributed by atoms with van der Waals surface area (Å²) in [6, 6.07) is 8.91. The summed E-state index contributed by atoms with van der Waals surface area (Å²) >= 11 is 0. The number of rotatable bonds is 4. The summed E-state index contributed by atoms with van der Waals surface area (Å²) in [5, 5.41) is 2.64. The maximum absolute atomic E-state index is 12.0. The van der Waals surface area contributed by atoms with Gasteiger partial charge in [-0.3, -0.25) is 19.5 Å². The van der Waals surface area contributed by atoms with Gasteiger partial charge in [0, 0.05) is 11.8 Å². The first-order valence-electron chi connectivity index (χ1n) is 6.95. The van der Waals surface area contributed by atoms with Gasteiger partial charge in [-0.15, -0.1) is 0 Å². The van der Waals surface area contributed by atoms with Gasteiger partial charge in [-0.2, -0.15) is 0 Å². The van der Waals surface area contributed by atoms with Gasteiger partial charge in [0.2, 0.25) is 11.9 Å². The minimum atomic E-state index is -0.341. The summed E-state index contributed by atoms with van der Waals surface area (Å²) in [7, 11) is 0. The molecule has 0 saturated carbocycles. The molecular weight excluding hydrogens is 282 g/mol. The van der Waals surface area contributed by atoms with Crippen LogP contribution in [0.2, 0.25) is 0 Å². The summed E-state index contributed by atoms with van der Waals surface area (Å²) in [6.45, 7) is 1.81. The monoisotopic (exact) mass is 297 g/mol. The second-order valence-electron chi connectivity index (χ2n) is 4.85. The Kier molecular flexibility index (Phi) is 3.69. The summed E-state index contributed by atoms with van der Waals surface area (Å²) in [6.07, 6.45) is 2.07. The van der Waals surface area contributed by atoms with Gasteiger partial charge in [0.15, 0.2) is 0 Å². The Hall–Kier alpha value is -2.96. The number of aromatic nitrogens is 4. The standard InChI is InChI=1S/C15H15N5O2/c1-2-10-7-14(22)20(9-16-10)8-13(21)19-15-17-11-5-3-4-6-12(11)18-15/h3-7,9H,2,8H2,1H3,(H2,17,18,19,21). The van der Waals surface area contributed by atoms with E-state index in [-0.39, 0.29) is 18.0 Å². The third-order valence-corrected chi connectivity index (χ3v) is 3.26. The number of carbonyl (C=O) groups excluding carboxylic acids is 1. The number of carbonyl (C=O) groups is 1. The zero-order chi connectivity index (χ0) is 15.5. The van der Waals surface area contributed by atoms with Crippen molar-refractivity contribution in [2.45, 2.75) is 19.9 Å². The SMILES string of the molecule is CCc1cc(=O)n(CC(=O)Nc2nc3ccccc3[nH]2)cn1. The van der Waals surface area contributed by atoms with Crippen LogP contribution in [0.3, 0.4) is 0 Å². The van der Waals surface area contributed by atoms with E-state index in [1.165, 1.54) is 17.0 Å². The van der Waals surface area contributed by atoms with Gasteiger partial charge in [0.05, 0.1) is 17.4 Å². The highest BCUT2D eigenvalue weighted by molar-refractivity contribution is 5.90.